The number of rotatable bonds is 0. The fourth-order valence-electron chi connectivity index (χ4n) is 0.129. The number of hydrogen-bond acceptors (Lipinski definition) is 2. The molecule has 0 rings (SSSR count). The first kappa shape index (κ1) is 10.7. The molecule has 0 saturated heterocycles. The zero-order valence-corrected chi connectivity index (χ0v) is 5.29. The molecule has 2 amide bonds. The highest BCUT2D eigenvalue weighted by Crippen LogP contribution is 1.45. The van der Waals surface area contributed by atoms with Crippen molar-refractivity contribution in [2.24, 2.45) is 11.5 Å². The van der Waals surface area contributed by atoms with Crippen molar-refractivity contribution in [3.8, 4) is 0 Å². The van der Waals surface area contributed by atoms with Gasteiger partial charge in [-0.05, 0) is 0 Å². The largest absolute Gasteiger partial charge is 0.369 e. The van der Waals surface area contributed by atoms with Crippen molar-refractivity contribution in [1.29, 1.82) is 5.41 Å². The van der Waals surface area contributed by atoms with Crippen LogP contribution >= 0.6 is 12.4 Å². The SMILES string of the molecule is Cl.N=C(N)NNC(N)=O. The molecule has 0 aliphatic rings. The van der Waals surface area contributed by atoms with Crippen LogP contribution in [0.15, 0.2) is 0 Å². The Kier molecular flexibility index (Phi) is 5.94. The number of hydrogen-bond donors (Lipinski definition) is 5. The third-order valence-corrected chi connectivity index (χ3v) is 0.320. The summed E-state index contributed by atoms with van der Waals surface area (Å²) >= 11 is 0. The highest BCUT2D eigenvalue weighted by atomic mass is 35.5. The molecule has 0 aromatic rings. The summed E-state index contributed by atoms with van der Waals surface area (Å²) in [6.07, 6.45) is 0. The van der Waals surface area contributed by atoms with Crippen LogP contribution in [0, 0.1) is 5.41 Å². The van der Waals surface area contributed by atoms with Crippen molar-refractivity contribution in [1.82, 2.24) is 10.9 Å². The van der Waals surface area contributed by atoms with E-state index in [1.807, 2.05) is 10.9 Å². The fraction of sp³-hybridized carbons (Fsp3) is 0. The smallest absolute Gasteiger partial charge is 0.330 e. The van der Waals surface area contributed by atoms with Crippen LogP contribution in [0.5, 0.6) is 0 Å². The van der Waals surface area contributed by atoms with Gasteiger partial charge < -0.3 is 11.5 Å². The normalized spacial score (nSPS) is 6.67. The Balaban J connectivity index is 0. The molecule has 0 fully saturated rings. The van der Waals surface area contributed by atoms with Crippen LogP contribution in [-0.2, 0) is 0 Å². The molecular weight excluding hydrogens is 146 g/mol. The van der Waals surface area contributed by atoms with Crippen molar-refractivity contribution in [3.63, 3.8) is 0 Å². The van der Waals surface area contributed by atoms with E-state index in [-0.39, 0.29) is 18.4 Å². The van der Waals surface area contributed by atoms with Gasteiger partial charge in [0.1, 0.15) is 0 Å². The van der Waals surface area contributed by atoms with Gasteiger partial charge in [0.2, 0.25) is 5.96 Å². The minimum absolute atomic E-state index is 0. The molecule has 0 unspecified atom stereocenters. The van der Waals surface area contributed by atoms with E-state index in [1.165, 1.54) is 0 Å². The summed E-state index contributed by atoms with van der Waals surface area (Å²) in [6.45, 7) is 0. The molecule has 9 heavy (non-hydrogen) atoms. The lowest BCUT2D eigenvalue weighted by Crippen LogP contribution is -2.47. The van der Waals surface area contributed by atoms with E-state index < -0.39 is 6.03 Å². The van der Waals surface area contributed by atoms with Crippen LogP contribution in [0.4, 0.5) is 4.79 Å². The van der Waals surface area contributed by atoms with Crippen molar-refractivity contribution in [2.45, 2.75) is 0 Å². The number of primary amides is 1. The average Bonchev–Trinajstić information content (AvgIpc) is 1.61. The molecule has 0 aliphatic carbocycles. The van der Waals surface area contributed by atoms with E-state index in [0.29, 0.717) is 0 Å². The number of urea groups is 1. The van der Waals surface area contributed by atoms with Crippen LogP contribution in [0.3, 0.4) is 0 Å². The summed E-state index contributed by atoms with van der Waals surface area (Å²) in [7, 11) is 0. The number of guanidine groups is 1. The molecule has 0 aromatic carbocycles. The van der Waals surface area contributed by atoms with Gasteiger partial charge in [-0.25, -0.2) is 10.2 Å². The third-order valence-electron chi connectivity index (χ3n) is 0.320. The number of nitrogens with two attached hydrogens (primary N) is 2. The maximum Gasteiger partial charge on any atom is 0.330 e. The first-order valence-corrected chi connectivity index (χ1v) is 1.78. The van der Waals surface area contributed by atoms with E-state index in [0.717, 1.165) is 0 Å². The lowest BCUT2D eigenvalue weighted by atomic mass is 11.0. The van der Waals surface area contributed by atoms with Crippen LogP contribution in [-0.4, -0.2) is 12.0 Å². The van der Waals surface area contributed by atoms with Gasteiger partial charge in [-0.1, -0.05) is 0 Å². The number of carbonyl (C=O) groups is 1. The fourth-order valence-corrected chi connectivity index (χ4v) is 0.129. The Morgan fingerprint density at radius 2 is 1.78 bits per heavy atom. The van der Waals surface area contributed by atoms with E-state index in [9.17, 15) is 4.79 Å². The summed E-state index contributed by atoms with van der Waals surface area (Å²) in [5.74, 6) is -0.358. The lowest BCUT2D eigenvalue weighted by molar-refractivity contribution is 0.247. The number of amides is 2. The molecular formula is C2H8ClN5O. The highest BCUT2D eigenvalue weighted by molar-refractivity contribution is 5.85. The molecule has 7 heteroatoms. The first-order valence-electron chi connectivity index (χ1n) is 1.78. The number of nitrogens with one attached hydrogen (secondary N) is 3. The van der Waals surface area contributed by atoms with Gasteiger partial charge in [-0.3, -0.25) is 10.8 Å². The van der Waals surface area contributed by atoms with E-state index >= 15 is 0 Å². The third kappa shape index (κ3) is 10.9. The van der Waals surface area contributed by atoms with Crippen LogP contribution in [0.2, 0.25) is 0 Å². The minimum Gasteiger partial charge on any atom is -0.369 e. The number of halogens is 1. The number of hydrazine groups is 1. The second kappa shape index (κ2) is 4.98. The summed E-state index contributed by atoms with van der Waals surface area (Å²) in [4.78, 5) is 9.80. The second-order valence-electron chi connectivity index (χ2n) is 1.03. The molecule has 0 saturated carbocycles. The van der Waals surface area contributed by atoms with Gasteiger partial charge in [0, 0.05) is 0 Å². The lowest BCUT2D eigenvalue weighted by Gasteiger charge is -1.99. The molecule has 0 bridgehead atoms. The molecule has 0 aliphatic heterocycles. The van der Waals surface area contributed by atoms with Crippen LogP contribution in [0.25, 0.3) is 0 Å². The Labute approximate surface area is 57.9 Å². The van der Waals surface area contributed by atoms with E-state index in [1.54, 1.807) is 0 Å². The van der Waals surface area contributed by atoms with Gasteiger partial charge in [-0.15, -0.1) is 12.4 Å². The monoisotopic (exact) mass is 153 g/mol. The highest BCUT2D eigenvalue weighted by Gasteiger charge is 1.86. The maximum atomic E-state index is 9.80. The van der Waals surface area contributed by atoms with Crippen LogP contribution < -0.4 is 22.3 Å². The Morgan fingerprint density at radius 3 is 1.89 bits per heavy atom. The summed E-state index contributed by atoms with van der Waals surface area (Å²) in [5, 5.41) is 6.48. The summed E-state index contributed by atoms with van der Waals surface area (Å²) in [6, 6.07) is -0.778. The predicted octanol–water partition coefficient (Wildman–Crippen LogP) is -1.53. The molecule has 0 spiro atoms. The minimum atomic E-state index is -0.778. The first-order chi connectivity index (χ1) is 3.63. The molecule has 0 aromatic heterocycles. The van der Waals surface area contributed by atoms with E-state index in [2.05, 4.69) is 5.73 Å². The maximum absolute atomic E-state index is 9.80. The van der Waals surface area contributed by atoms with Crippen molar-refractivity contribution < 1.29 is 4.79 Å². The van der Waals surface area contributed by atoms with Gasteiger partial charge in [0.15, 0.2) is 0 Å². The average molecular weight is 154 g/mol. The van der Waals surface area contributed by atoms with Crippen molar-refractivity contribution >= 4 is 24.4 Å². The molecule has 6 nitrogen and oxygen atoms in total. The van der Waals surface area contributed by atoms with Gasteiger partial charge in [0.05, 0.1) is 0 Å². The Hall–Kier alpha value is -1.17. The standard InChI is InChI=1S/C2H7N5O.ClH/c3-1(4)6-7-2(5)8;/h(H4,3,4,6)(H3,5,7,8);1H. The number of carbonyl (C=O) groups excluding carboxylic acids is 1. The van der Waals surface area contributed by atoms with Crippen molar-refractivity contribution in [2.75, 3.05) is 0 Å². The Morgan fingerprint density at radius 1 is 1.33 bits per heavy atom. The summed E-state index contributed by atoms with van der Waals surface area (Å²) < 4.78 is 0. The topological polar surface area (TPSA) is 117 Å². The quantitative estimate of drug-likeness (QED) is 0.165. The second-order valence-corrected chi connectivity index (χ2v) is 1.03. The molecule has 0 radical (unpaired) electrons. The zero-order chi connectivity index (χ0) is 6.57. The van der Waals surface area contributed by atoms with Gasteiger partial charge in [-0.2, -0.15) is 0 Å². The van der Waals surface area contributed by atoms with E-state index in [4.69, 9.17) is 11.1 Å². The zero-order valence-electron chi connectivity index (χ0n) is 4.47. The predicted molar refractivity (Wildman–Crippen MR) is 35.0 cm³/mol. The Bertz CT molecular complexity index is 99.5. The van der Waals surface area contributed by atoms with Gasteiger partial charge >= 0.3 is 6.03 Å². The molecule has 54 valence electrons. The summed E-state index contributed by atoms with van der Waals surface area (Å²) in [5.41, 5.74) is 13.2. The van der Waals surface area contributed by atoms with Crippen molar-refractivity contribution in [3.05, 3.63) is 0 Å². The molecule has 0 atom stereocenters. The van der Waals surface area contributed by atoms with Gasteiger partial charge in [0.25, 0.3) is 0 Å². The molecule has 7 N–H and O–H groups in total. The van der Waals surface area contributed by atoms with Crippen LogP contribution in [0.1, 0.15) is 0 Å². The molecule has 0 heterocycles.